The van der Waals surface area contributed by atoms with E-state index in [9.17, 15) is 14.7 Å². The molecule has 0 spiro atoms. The first-order valence-corrected chi connectivity index (χ1v) is 10.1. The first kappa shape index (κ1) is 18.7. The lowest BCUT2D eigenvalue weighted by Gasteiger charge is -2.19. The summed E-state index contributed by atoms with van der Waals surface area (Å²) in [5.74, 6) is -1.81. The van der Waals surface area contributed by atoms with Gasteiger partial charge in [0.1, 0.15) is 6.04 Å². The third-order valence-electron chi connectivity index (χ3n) is 5.09. The number of halogens is 1. The molecule has 0 bridgehead atoms. The molecular formula is C23H18INO3. The van der Waals surface area contributed by atoms with E-state index in [1.165, 1.54) is 0 Å². The van der Waals surface area contributed by atoms with Gasteiger partial charge in [0.15, 0.2) is 0 Å². The lowest BCUT2D eigenvalue weighted by Crippen LogP contribution is -2.44. The van der Waals surface area contributed by atoms with Crippen LogP contribution in [0.15, 0.2) is 72.8 Å². The number of carboxylic acid groups (broad SMARTS) is 1. The second kappa shape index (κ2) is 7.75. The van der Waals surface area contributed by atoms with E-state index in [0.717, 1.165) is 31.4 Å². The van der Waals surface area contributed by atoms with Gasteiger partial charge in [-0.1, -0.05) is 66.7 Å². The van der Waals surface area contributed by atoms with E-state index in [1.807, 2.05) is 72.8 Å². The Labute approximate surface area is 176 Å². The summed E-state index contributed by atoms with van der Waals surface area (Å²) in [7, 11) is 0. The van der Waals surface area contributed by atoms with Crippen LogP contribution in [0.2, 0.25) is 0 Å². The number of nitrogens with one attached hydrogen (secondary N) is 1. The molecule has 5 heteroatoms. The van der Waals surface area contributed by atoms with Crippen molar-refractivity contribution in [1.29, 1.82) is 0 Å². The van der Waals surface area contributed by atoms with E-state index < -0.39 is 17.9 Å². The molecule has 28 heavy (non-hydrogen) atoms. The largest absolute Gasteiger partial charge is 0.480 e. The molecule has 2 N–H and O–H groups in total. The van der Waals surface area contributed by atoms with Crippen LogP contribution in [0.1, 0.15) is 22.6 Å². The molecule has 0 aromatic heterocycles. The molecule has 0 heterocycles. The van der Waals surface area contributed by atoms with Crippen LogP contribution in [0.4, 0.5) is 0 Å². The predicted octanol–water partition coefficient (Wildman–Crippen LogP) is 4.22. The van der Waals surface area contributed by atoms with E-state index >= 15 is 0 Å². The minimum absolute atomic E-state index is 0.246. The number of carbonyl (C=O) groups excluding carboxylic acids is 1. The molecule has 1 atom stereocenters. The van der Waals surface area contributed by atoms with Crippen molar-refractivity contribution in [2.24, 2.45) is 0 Å². The van der Waals surface area contributed by atoms with Gasteiger partial charge >= 0.3 is 5.97 Å². The monoisotopic (exact) mass is 483 g/mol. The van der Waals surface area contributed by atoms with Gasteiger partial charge in [0.25, 0.3) is 0 Å². The quantitative estimate of drug-likeness (QED) is 0.535. The molecule has 4 rings (SSSR count). The van der Waals surface area contributed by atoms with Crippen molar-refractivity contribution < 1.29 is 14.7 Å². The van der Waals surface area contributed by atoms with Gasteiger partial charge < -0.3 is 10.4 Å². The molecular weight excluding hydrogens is 465 g/mol. The van der Waals surface area contributed by atoms with E-state index in [-0.39, 0.29) is 12.3 Å². The minimum atomic E-state index is -1.03. The van der Waals surface area contributed by atoms with Crippen LogP contribution in [0.25, 0.3) is 11.1 Å². The molecule has 0 radical (unpaired) electrons. The second-order valence-electron chi connectivity index (χ2n) is 6.80. The minimum Gasteiger partial charge on any atom is -0.480 e. The summed E-state index contributed by atoms with van der Waals surface area (Å²) in [6.07, 6.45) is 0.246. The highest BCUT2D eigenvalue weighted by molar-refractivity contribution is 14.1. The van der Waals surface area contributed by atoms with Gasteiger partial charge in [-0.2, -0.15) is 0 Å². The summed E-state index contributed by atoms with van der Waals surface area (Å²) < 4.78 is 0.983. The van der Waals surface area contributed by atoms with Gasteiger partial charge in [-0.15, -0.1) is 0 Å². The number of benzene rings is 3. The zero-order valence-corrected chi connectivity index (χ0v) is 17.1. The number of aliphatic carboxylic acids is 1. The standard InChI is InChI=1S/C23H18INO3/c24-19-12-6-1-7-14(19)13-20(23(27)28)25-22(26)21-17-10-4-2-8-15(17)16-9-3-5-11-18(16)21/h1-12,20-21H,13H2,(H,25,26)(H,27,28)/t20-/m1/s1. The van der Waals surface area contributed by atoms with E-state index in [4.69, 9.17) is 0 Å². The summed E-state index contributed by atoms with van der Waals surface area (Å²) in [6.45, 7) is 0. The Hall–Kier alpha value is -2.67. The molecule has 0 fully saturated rings. The molecule has 4 nitrogen and oxygen atoms in total. The predicted molar refractivity (Wildman–Crippen MR) is 116 cm³/mol. The number of hydrogen-bond donors (Lipinski definition) is 2. The average Bonchev–Trinajstić information content (AvgIpc) is 3.03. The van der Waals surface area contributed by atoms with Crippen molar-refractivity contribution in [1.82, 2.24) is 5.32 Å². The molecule has 3 aromatic carbocycles. The van der Waals surface area contributed by atoms with Crippen molar-refractivity contribution in [2.45, 2.75) is 18.4 Å². The molecule has 0 aliphatic heterocycles. The summed E-state index contributed by atoms with van der Waals surface area (Å²) in [5.41, 5.74) is 4.80. The number of fused-ring (bicyclic) bond motifs is 3. The van der Waals surface area contributed by atoms with Gasteiger partial charge in [-0.05, 0) is 56.5 Å². The zero-order valence-electron chi connectivity index (χ0n) is 14.9. The molecule has 3 aromatic rings. The fourth-order valence-corrected chi connectivity index (χ4v) is 4.38. The SMILES string of the molecule is O=C(N[C@H](Cc1ccccc1I)C(=O)O)C1c2ccccc2-c2ccccc21. The van der Waals surface area contributed by atoms with Crippen molar-refractivity contribution >= 4 is 34.5 Å². The average molecular weight is 483 g/mol. The van der Waals surface area contributed by atoms with Crippen molar-refractivity contribution in [3.63, 3.8) is 0 Å². The summed E-state index contributed by atoms with van der Waals surface area (Å²) >= 11 is 2.18. The maximum Gasteiger partial charge on any atom is 0.326 e. The molecule has 140 valence electrons. The Morgan fingerprint density at radius 2 is 1.43 bits per heavy atom. The molecule has 0 saturated heterocycles. The Morgan fingerprint density at radius 3 is 2.00 bits per heavy atom. The van der Waals surface area contributed by atoms with E-state index in [0.29, 0.717) is 0 Å². The van der Waals surface area contributed by atoms with Crippen molar-refractivity contribution in [3.8, 4) is 11.1 Å². The first-order chi connectivity index (χ1) is 13.6. The fourth-order valence-electron chi connectivity index (χ4n) is 3.78. The van der Waals surface area contributed by atoms with Crippen molar-refractivity contribution in [2.75, 3.05) is 0 Å². The molecule has 0 unspecified atom stereocenters. The maximum atomic E-state index is 13.2. The highest BCUT2D eigenvalue weighted by Gasteiger charge is 2.35. The number of rotatable bonds is 5. The number of carbonyl (C=O) groups is 2. The van der Waals surface area contributed by atoms with Gasteiger partial charge in [0, 0.05) is 9.99 Å². The number of amides is 1. The summed E-state index contributed by atoms with van der Waals surface area (Å²) in [6, 6.07) is 22.2. The second-order valence-corrected chi connectivity index (χ2v) is 7.96. The molecule has 1 aliphatic carbocycles. The van der Waals surface area contributed by atoms with E-state index in [2.05, 4.69) is 27.9 Å². The normalized spacial score (nSPS) is 13.5. The van der Waals surface area contributed by atoms with Crippen LogP contribution in [0.5, 0.6) is 0 Å². The van der Waals surface area contributed by atoms with Crippen LogP contribution in [-0.2, 0) is 16.0 Å². The summed E-state index contributed by atoms with van der Waals surface area (Å²) in [5, 5.41) is 12.5. The number of hydrogen-bond acceptors (Lipinski definition) is 2. The highest BCUT2D eigenvalue weighted by Crippen LogP contribution is 2.44. The maximum absolute atomic E-state index is 13.2. The highest BCUT2D eigenvalue weighted by atomic mass is 127. The third-order valence-corrected chi connectivity index (χ3v) is 6.14. The fraction of sp³-hybridized carbons (Fsp3) is 0.130. The summed E-state index contributed by atoms with van der Waals surface area (Å²) in [4.78, 5) is 25.0. The van der Waals surface area contributed by atoms with Gasteiger partial charge in [-0.25, -0.2) is 4.79 Å². The Kier molecular flexibility index (Phi) is 5.17. The molecule has 0 saturated carbocycles. The Bertz CT molecular complexity index is 1020. The van der Waals surface area contributed by atoms with Crippen LogP contribution >= 0.6 is 22.6 Å². The zero-order chi connectivity index (χ0) is 19.7. The third kappa shape index (κ3) is 3.42. The Balaban J connectivity index is 1.63. The van der Waals surface area contributed by atoms with E-state index in [1.54, 1.807) is 0 Å². The first-order valence-electron chi connectivity index (χ1n) is 9.01. The number of carboxylic acids is 1. The van der Waals surface area contributed by atoms with Gasteiger partial charge in [0.05, 0.1) is 5.92 Å². The van der Waals surface area contributed by atoms with Crippen LogP contribution < -0.4 is 5.32 Å². The lowest BCUT2D eigenvalue weighted by atomic mass is 9.95. The van der Waals surface area contributed by atoms with Crippen molar-refractivity contribution in [3.05, 3.63) is 93.1 Å². The lowest BCUT2D eigenvalue weighted by molar-refractivity contribution is -0.141. The smallest absolute Gasteiger partial charge is 0.326 e. The van der Waals surface area contributed by atoms with Crippen LogP contribution in [0, 0.1) is 3.57 Å². The van der Waals surface area contributed by atoms with Crippen LogP contribution in [0.3, 0.4) is 0 Å². The molecule has 1 amide bonds. The topological polar surface area (TPSA) is 66.4 Å². The van der Waals surface area contributed by atoms with Gasteiger partial charge in [0.2, 0.25) is 5.91 Å². The van der Waals surface area contributed by atoms with Gasteiger partial charge in [-0.3, -0.25) is 4.79 Å². The molecule has 1 aliphatic rings. The van der Waals surface area contributed by atoms with Crippen LogP contribution in [-0.4, -0.2) is 23.0 Å². The Morgan fingerprint density at radius 1 is 0.893 bits per heavy atom.